The van der Waals surface area contributed by atoms with Crippen molar-refractivity contribution in [2.75, 3.05) is 6.61 Å². The minimum atomic E-state index is -2.08. The van der Waals surface area contributed by atoms with Crippen molar-refractivity contribution in [2.24, 2.45) is 17.3 Å². The predicted molar refractivity (Wildman–Crippen MR) is 125 cm³/mol. The molecule has 0 radical (unpaired) electrons. The minimum absolute atomic E-state index is 0.264. The van der Waals surface area contributed by atoms with Crippen LogP contribution in [0.1, 0.15) is 47.5 Å². The first-order chi connectivity index (χ1) is 16.8. The number of carbonyl (C=O) groups excluding carboxylic acids is 4. The number of aliphatic hydroxyl groups is 2. The Labute approximate surface area is 209 Å². The first kappa shape index (κ1) is 27.6. The number of esters is 4. The van der Waals surface area contributed by atoms with Gasteiger partial charge in [0.1, 0.15) is 18.3 Å². The molecule has 0 unspecified atom stereocenters. The molecule has 10 nitrogen and oxygen atoms in total. The van der Waals surface area contributed by atoms with Gasteiger partial charge in [0.05, 0.1) is 17.9 Å². The van der Waals surface area contributed by atoms with E-state index in [1.165, 1.54) is 39.8 Å². The summed E-state index contributed by atoms with van der Waals surface area (Å²) in [7, 11) is 0. The number of carbonyl (C=O) groups is 4. The second-order valence-electron chi connectivity index (χ2n) is 9.92. The Kier molecular flexibility index (Phi) is 7.80. The second kappa shape index (κ2) is 10.2. The lowest BCUT2D eigenvalue weighted by Gasteiger charge is -2.54. The van der Waals surface area contributed by atoms with E-state index < -0.39 is 77.8 Å². The van der Waals surface area contributed by atoms with Gasteiger partial charge in [-0.15, -0.1) is 0 Å². The van der Waals surface area contributed by atoms with Gasteiger partial charge in [-0.05, 0) is 37.5 Å². The average Bonchev–Trinajstić information content (AvgIpc) is 2.99. The Morgan fingerprint density at radius 1 is 1.14 bits per heavy atom. The molecule has 8 atom stereocenters. The summed E-state index contributed by atoms with van der Waals surface area (Å²) < 4.78 is 22.7. The van der Waals surface area contributed by atoms with Gasteiger partial charge in [-0.1, -0.05) is 25.2 Å². The third kappa shape index (κ3) is 4.71. The molecular formula is C26H34O10. The summed E-state index contributed by atoms with van der Waals surface area (Å²) >= 11 is 0. The van der Waals surface area contributed by atoms with Crippen molar-refractivity contribution in [3.8, 4) is 0 Å². The van der Waals surface area contributed by atoms with E-state index in [4.69, 9.17) is 18.9 Å². The van der Waals surface area contributed by atoms with Crippen LogP contribution in [0.3, 0.4) is 0 Å². The monoisotopic (exact) mass is 506 g/mol. The van der Waals surface area contributed by atoms with Gasteiger partial charge < -0.3 is 29.2 Å². The Hall–Kier alpha value is -2.98. The van der Waals surface area contributed by atoms with E-state index in [-0.39, 0.29) is 5.57 Å². The summed E-state index contributed by atoms with van der Waals surface area (Å²) in [5.41, 5.74) is -2.56. The topological polar surface area (TPSA) is 146 Å². The molecule has 2 aliphatic carbocycles. The predicted octanol–water partition coefficient (Wildman–Crippen LogP) is 1.54. The Bertz CT molecular complexity index is 1010. The molecule has 0 amide bonds. The summed E-state index contributed by atoms with van der Waals surface area (Å²) in [6, 6.07) is 0. The molecule has 36 heavy (non-hydrogen) atoms. The van der Waals surface area contributed by atoms with Crippen LogP contribution in [0, 0.1) is 17.3 Å². The molecule has 1 saturated heterocycles. The van der Waals surface area contributed by atoms with Gasteiger partial charge in [0, 0.05) is 26.7 Å². The fourth-order valence-corrected chi connectivity index (χ4v) is 5.77. The highest BCUT2D eigenvalue weighted by atomic mass is 16.6. The number of rotatable bonds is 4. The number of hydrogen-bond acceptors (Lipinski definition) is 10. The van der Waals surface area contributed by atoms with Gasteiger partial charge >= 0.3 is 23.9 Å². The number of hydrogen-bond donors (Lipinski definition) is 2. The molecule has 3 aliphatic rings. The summed E-state index contributed by atoms with van der Waals surface area (Å²) in [6.45, 7) is 10.5. The summed E-state index contributed by atoms with van der Waals surface area (Å²) in [4.78, 5) is 49.4. The lowest BCUT2D eigenvalue weighted by Crippen LogP contribution is -2.65. The maximum atomic E-state index is 12.7. The third-order valence-corrected chi connectivity index (χ3v) is 7.58. The highest BCUT2D eigenvalue weighted by Crippen LogP contribution is 2.55. The molecule has 1 aliphatic heterocycles. The van der Waals surface area contributed by atoms with E-state index in [2.05, 4.69) is 6.58 Å². The molecule has 0 spiro atoms. The lowest BCUT2D eigenvalue weighted by atomic mass is 9.55. The lowest BCUT2D eigenvalue weighted by molar-refractivity contribution is -0.214. The Balaban J connectivity index is 2.39. The molecule has 2 N–H and O–H groups in total. The van der Waals surface area contributed by atoms with Crippen molar-refractivity contribution in [1.29, 1.82) is 0 Å². The first-order valence-electron chi connectivity index (χ1n) is 11.9. The molecule has 0 aromatic carbocycles. The maximum absolute atomic E-state index is 12.7. The van der Waals surface area contributed by atoms with Gasteiger partial charge in [0.2, 0.25) is 0 Å². The van der Waals surface area contributed by atoms with Gasteiger partial charge in [-0.3, -0.25) is 19.2 Å². The first-order valence-corrected chi connectivity index (χ1v) is 11.9. The third-order valence-electron chi connectivity index (χ3n) is 7.58. The molecule has 1 saturated carbocycles. The van der Waals surface area contributed by atoms with Crippen molar-refractivity contribution in [1.82, 2.24) is 0 Å². The van der Waals surface area contributed by atoms with Crippen LogP contribution in [0.25, 0.3) is 0 Å². The van der Waals surface area contributed by atoms with Crippen LogP contribution in [0.2, 0.25) is 0 Å². The van der Waals surface area contributed by atoms with Crippen LogP contribution in [-0.4, -0.2) is 70.7 Å². The Morgan fingerprint density at radius 3 is 2.31 bits per heavy atom. The summed E-state index contributed by atoms with van der Waals surface area (Å²) in [5, 5.41) is 22.1. The van der Waals surface area contributed by atoms with Crippen LogP contribution in [0.4, 0.5) is 0 Å². The molecule has 198 valence electrons. The van der Waals surface area contributed by atoms with E-state index >= 15 is 0 Å². The fraction of sp³-hybridized carbons (Fsp3) is 0.615. The van der Waals surface area contributed by atoms with Crippen molar-refractivity contribution in [2.45, 2.75) is 77.5 Å². The van der Waals surface area contributed by atoms with Crippen LogP contribution >= 0.6 is 0 Å². The molecular weight excluding hydrogens is 472 g/mol. The van der Waals surface area contributed by atoms with Crippen molar-refractivity contribution < 1.29 is 48.3 Å². The normalized spacial score (nSPS) is 40.5. The maximum Gasteiger partial charge on any atom is 0.312 e. The van der Waals surface area contributed by atoms with E-state index in [1.807, 2.05) is 0 Å². The van der Waals surface area contributed by atoms with Gasteiger partial charge in [-0.25, -0.2) is 0 Å². The van der Waals surface area contributed by atoms with E-state index in [1.54, 1.807) is 13.0 Å². The van der Waals surface area contributed by atoms with Crippen molar-refractivity contribution >= 4 is 23.9 Å². The van der Waals surface area contributed by atoms with Gasteiger partial charge in [0.25, 0.3) is 0 Å². The van der Waals surface area contributed by atoms with Crippen LogP contribution in [0.15, 0.2) is 36.0 Å². The standard InChI is InChI=1S/C26H34O10/c1-13-7-9-19(33-15(3)28)25(6)20(34-16(4)29)10-8-18(12-27)11-21-26(32,14(2)24(31)36-21)23(22(13)25)35-17(5)30/h8,10-11,14,19-23,27,32H,1,7,9,12H2,2-6H3/b10-8-,18-11+/t14-,19-,20-,21-,22+,23-,25+,26-/m0/s1. The molecule has 1 heterocycles. The highest BCUT2D eigenvalue weighted by Gasteiger charge is 2.67. The molecule has 10 heteroatoms. The SMILES string of the molecule is C=C1CC[C@H](OC(C)=O)[C@]2(C)[C@@H](OC(C)=O)/C=C\C(CO)=C/[C@@H]3OC(=O)[C@H](C)[C@@]3(O)[C@@H](OC(C)=O)[C@@H]12. The van der Waals surface area contributed by atoms with E-state index in [0.717, 1.165) is 0 Å². The molecule has 0 aromatic heterocycles. The van der Waals surface area contributed by atoms with E-state index in [0.29, 0.717) is 18.4 Å². The van der Waals surface area contributed by atoms with Crippen LogP contribution in [0.5, 0.6) is 0 Å². The number of aliphatic hydroxyl groups excluding tert-OH is 1. The summed E-state index contributed by atoms with van der Waals surface area (Å²) in [6.07, 6.45) is 0.551. The number of fused-ring (bicyclic) bond motifs is 2. The molecule has 2 fully saturated rings. The highest BCUT2D eigenvalue weighted by molar-refractivity contribution is 5.78. The number of ether oxygens (including phenoxy) is 4. The summed E-state index contributed by atoms with van der Waals surface area (Å²) in [5.74, 6) is -4.70. The van der Waals surface area contributed by atoms with Gasteiger partial charge in [-0.2, -0.15) is 0 Å². The van der Waals surface area contributed by atoms with Gasteiger partial charge in [0.15, 0.2) is 11.7 Å². The van der Waals surface area contributed by atoms with Crippen molar-refractivity contribution in [3.05, 3.63) is 36.0 Å². The quantitative estimate of drug-likeness (QED) is 0.327. The zero-order chi connectivity index (χ0) is 27.0. The van der Waals surface area contributed by atoms with E-state index in [9.17, 15) is 29.4 Å². The average molecular weight is 507 g/mol. The largest absolute Gasteiger partial charge is 0.462 e. The zero-order valence-corrected chi connectivity index (χ0v) is 21.2. The fourth-order valence-electron chi connectivity index (χ4n) is 5.77. The molecule has 0 bridgehead atoms. The smallest absolute Gasteiger partial charge is 0.312 e. The van der Waals surface area contributed by atoms with Crippen molar-refractivity contribution in [3.63, 3.8) is 0 Å². The minimum Gasteiger partial charge on any atom is -0.462 e. The second-order valence-corrected chi connectivity index (χ2v) is 9.92. The van der Waals surface area contributed by atoms with Crippen LogP contribution < -0.4 is 0 Å². The Morgan fingerprint density at radius 2 is 1.75 bits per heavy atom. The van der Waals surface area contributed by atoms with Crippen LogP contribution in [-0.2, 0) is 38.1 Å². The zero-order valence-electron chi connectivity index (χ0n) is 21.2. The molecule has 3 rings (SSSR count). The molecule has 0 aromatic rings.